The van der Waals surface area contributed by atoms with Crippen molar-refractivity contribution >= 4 is 121 Å². The van der Waals surface area contributed by atoms with E-state index in [1.807, 2.05) is 187 Å². The molecule has 0 spiro atoms. The highest BCUT2D eigenvalue weighted by Gasteiger charge is 2.48. The molecular weight excluding hydrogens is 1940 g/mol. The van der Waals surface area contributed by atoms with Crippen LogP contribution in [0.15, 0.2) is 167 Å². The van der Waals surface area contributed by atoms with Crippen LogP contribution in [0.3, 0.4) is 0 Å². The first-order chi connectivity index (χ1) is 69.1. The highest BCUT2D eigenvalue weighted by atomic mass is 35.5. The van der Waals surface area contributed by atoms with E-state index in [0.717, 1.165) is 108 Å². The fourth-order valence-corrected chi connectivity index (χ4v) is 24.0. The second-order valence-corrected chi connectivity index (χ2v) is 44.7. The van der Waals surface area contributed by atoms with E-state index in [-0.39, 0.29) is 106 Å². The molecular formula is C106H113Cl2N21O11S4. The van der Waals surface area contributed by atoms with Gasteiger partial charge in [0.25, 0.3) is 0 Å². The van der Waals surface area contributed by atoms with Gasteiger partial charge in [0.05, 0.1) is 99.9 Å². The lowest BCUT2D eigenvalue weighted by Crippen LogP contribution is -2.58. The van der Waals surface area contributed by atoms with Crippen molar-refractivity contribution in [2.45, 2.75) is 246 Å². The molecule has 13 aromatic rings. The second kappa shape index (κ2) is 41.7. The molecule has 32 nitrogen and oxygen atoms in total. The van der Waals surface area contributed by atoms with Crippen LogP contribution in [-0.2, 0) is 51.3 Å². The number of hydrogen-bond acceptors (Lipinski definition) is 26. The molecule has 2 saturated carbocycles. The highest BCUT2D eigenvalue weighted by molar-refractivity contribution is 7.15. The lowest BCUT2D eigenvalue weighted by Gasteiger charge is -2.35. The van der Waals surface area contributed by atoms with E-state index in [2.05, 4.69) is 94.7 Å². The third-order valence-electron chi connectivity index (χ3n) is 28.0. The van der Waals surface area contributed by atoms with Crippen molar-refractivity contribution in [3.05, 3.63) is 262 Å². The molecule has 0 bridgehead atoms. The third-order valence-corrected chi connectivity index (χ3v) is 32.8. The molecule has 0 unspecified atom stereocenters. The minimum Gasteiger partial charge on any atom is -0.474 e. The Hall–Kier alpha value is -12.9. The average Bonchev–Trinajstić information content (AvgIpc) is 1.59. The number of carbonyl (C=O) groups is 7. The van der Waals surface area contributed by atoms with Gasteiger partial charge in [0.1, 0.15) is 70.1 Å². The number of nitrogens with one attached hydrogen (secondary N) is 5. The van der Waals surface area contributed by atoms with Gasteiger partial charge in [-0.3, -0.25) is 57.4 Å². The smallest absolute Gasteiger partial charge is 0.248 e. The number of aliphatic hydroxyl groups excluding tert-OH is 1. The SMILES string of the molecule is Cc1ncsc1-c1ccc([C@H](C)NC(=O)[C@@H]2C[C@@H](OCc3ncsc3-c3ccc([C@H](C)NC(=O)[C@@H]4C[C@@H](O)CN4C(=O)[C@H](C(C)C)n4cc(-c5ccc(OC6CC(NC(=O)C[C@@H]7N=C(c8ccc(Cl)cc8)c8c(sc(C)c8C)-n8c(C)nnc87)C6)nc5)cn4)cc3)CN2C(=O)[C@@H](NC(=O)Cc2ccc(OC3CC(NC(=O)C[C@@H]4N=C(c5ccc(Cl)cc5)c5c(sc(C)c5C)-n5c(C)nnc54)C3)nc2)C(C)(C)C)cc1. The standard InChI is InChI=1S/C106H113Cl2N21O11S4/c1-53(2)94(127-47-71(46-113-127)70-28-34-89(110-45-70)140-78-38-75(39-78)117-87(133)43-81-99-124-122-62(11)129(99)105-91(55(4)60(9)144-105)93(119-81)67-26-31-73(108)32-27-67)102(136)125-48-76(130)40-83(125)100(134)114-56(5)65-18-22-69(23-19-65)96-82(112-52-142-96)50-138-79-41-84(101(135)115-57(6)64-16-20-68(21-17-64)95-58(7)111-51-141-95)126(49-79)103(137)97(106(12,13)14)120-85(131)35-63-15-33-88(109-44-63)139-77-36-74(37-77)116-86(132)42-80-98-123-121-61(10)128(98)104-90(54(3)59(8)143-104)92(118-80)66-24-29-72(107)30-25-66/h15-34,44-47,51-53,56-57,74-81,83-84,94,97,130H,35-43,48-50H2,1-14H3,(H,114,134)(H,115,135)(H,116,132)(H,117,133)(H,120,131)/t56-,57-,74?,75?,76+,77?,78?,79+,80-,81-,83-,84-,94-,97+/m0/s1. The lowest BCUT2D eigenvalue weighted by atomic mass is 9.85. The number of β-amino-alcohol motifs (C(OH)–C–C–N with tert-alkyl or cyclic N) is 1. The molecule has 7 amide bonds. The zero-order chi connectivity index (χ0) is 101. The predicted octanol–water partition coefficient (Wildman–Crippen LogP) is 16.5. The average molecular weight is 2060 g/mol. The molecule has 9 aromatic heterocycles. The van der Waals surface area contributed by atoms with Gasteiger partial charge in [-0.05, 0) is 143 Å². The summed E-state index contributed by atoms with van der Waals surface area (Å²) in [5.41, 5.74) is 17.3. The van der Waals surface area contributed by atoms with Crippen molar-refractivity contribution in [2.75, 3.05) is 13.1 Å². The summed E-state index contributed by atoms with van der Waals surface area (Å²) in [6.45, 7) is 27.4. The normalized spacial score (nSPS) is 20.4. The van der Waals surface area contributed by atoms with Crippen LogP contribution in [0.4, 0.5) is 0 Å². The van der Waals surface area contributed by atoms with Crippen LogP contribution in [0.1, 0.15) is 225 Å². The number of nitrogens with zero attached hydrogens (tertiary/aromatic N) is 16. The number of halogens is 2. The van der Waals surface area contributed by atoms with Crippen molar-refractivity contribution in [2.24, 2.45) is 21.3 Å². The first-order valence-corrected chi connectivity index (χ1v) is 52.7. The molecule has 2 aliphatic carbocycles. The fraction of sp³-hybridized carbons (Fsp3) is 0.396. The number of amides is 7. The van der Waals surface area contributed by atoms with Gasteiger partial charge in [-0.1, -0.05) is 137 Å². The zero-order valence-corrected chi connectivity index (χ0v) is 87.0. The summed E-state index contributed by atoms with van der Waals surface area (Å²) < 4.78 is 25.0. The Morgan fingerprint density at radius 3 is 1.49 bits per heavy atom. The van der Waals surface area contributed by atoms with Crippen LogP contribution in [0, 0.1) is 59.8 Å². The molecule has 38 heteroatoms. The van der Waals surface area contributed by atoms with Crippen LogP contribution in [0.2, 0.25) is 10.0 Å². The summed E-state index contributed by atoms with van der Waals surface area (Å²) in [5.74, 6) is 0.763. The topological polar surface area (TPSA) is 390 Å². The molecule has 4 aliphatic heterocycles. The first kappa shape index (κ1) is 99.8. The quantitative estimate of drug-likeness (QED) is 0.0235. The summed E-state index contributed by atoms with van der Waals surface area (Å²) in [7, 11) is 0. The monoisotopic (exact) mass is 2050 g/mol. The summed E-state index contributed by atoms with van der Waals surface area (Å²) in [6.07, 6.45) is 7.20. The fourth-order valence-electron chi connectivity index (χ4n) is 19.8. The van der Waals surface area contributed by atoms with E-state index in [9.17, 15) is 33.9 Å². The van der Waals surface area contributed by atoms with Gasteiger partial charge in [0.15, 0.2) is 11.6 Å². The maximum Gasteiger partial charge on any atom is 0.248 e. The molecule has 13 heterocycles. The summed E-state index contributed by atoms with van der Waals surface area (Å²) >= 11 is 19.0. The van der Waals surface area contributed by atoms with Crippen molar-refractivity contribution in [3.63, 3.8) is 0 Å². The minimum atomic E-state index is -1.08. The predicted molar refractivity (Wildman–Crippen MR) is 553 cm³/mol. The van der Waals surface area contributed by atoms with Crippen LogP contribution in [0.5, 0.6) is 11.8 Å². The van der Waals surface area contributed by atoms with Crippen LogP contribution < -0.4 is 36.1 Å². The van der Waals surface area contributed by atoms with Crippen molar-refractivity contribution in [1.82, 2.24) is 95.6 Å². The van der Waals surface area contributed by atoms with Gasteiger partial charge in [-0.25, -0.2) is 19.9 Å². The summed E-state index contributed by atoms with van der Waals surface area (Å²) in [6, 6.07) is 31.7. The van der Waals surface area contributed by atoms with Gasteiger partial charge in [0.2, 0.25) is 53.1 Å². The van der Waals surface area contributed by atoms with Gasteiger partial charge < -0.3 is 55.7 Å². The lowest BCUT2D eigenvalue weighted by molar-refractivity contribution is -0.144. The number of aliphatic hydroxyl groups is 1. The Balaban J connectivity index is 0.452. The number of thiazole rings is 2. The molecule has 4 aromatic carbocycles. The Labute approximate surface area is 859 Å². The van der Waals surface area contributed by atoms with E-state index < -0.39 is 83.7 Å². The van der Waals surface area contributed by atoms with Crippen molar-refractivity contribution < 1.29 is 52.9 Å². The number of aromatic nitrogens is 12. The van der Waals surface area contributed by atoms with E-state index in [0.29, 0.717) is 87.6 Å². The third kappa shape index (κ3) is 21.1. The van der Waals surface area contributed by atoms with E-state index in [1.54, 1.807) is 87.2 Å². The van der Waals surface area contributed by atoms with Crippen LogP contribution in [-0.4, -0.2) is 195 Å². The van der Waals surface area contributed by atoms with E-state index in [1.165, 1.54) is 21.1 Å². The van der Waals surface area contributed by atoms with E-state index >= 15 is 4.79 Å². The van der Waals surface area contributed by atoms with Crippen LogP contribution >= 0.6 is 68.5 Å². The Morgan fingerprint density at radius 2 is 0.993 bits per heavy atom. The number of pyridine rings is 2. The molecule has 746 valence electrons. The van der Waals surface area contributed by atoms with Crippen LogP contribution in [0.25, 0.3) is 42.0 Å². The number of fused-ring (bicyclic) bond motifs is 6. The number of aryl methyl sites for hydroxylation is 5. The molecule has 10 atom stereocenters. The highest BCUT2D eigenvalue weighted by Crippen LogP contribution is 2.45. The number of carbonyl (C=O) groups excluding carboxylic acids is 7. The van der Waals surface area contributed by atoms with Gasteiger partial charge in [0, 0.05) is 148 Å². The maximum atomic E-state index is 15.4. The van der Waals surface area contributed by atoms with Crippen molar-refractivity contribution in [1.29, 1.82) is 0 Å². The summed E-state index contributed by atoms with van der Waals surface area (Å²) in [4.78, 5) is 138. The first-order valence-electron chi connectivity index (χ1n) is 48.5. The number of likely N-dealkylation sites (tertiary alicyclic amines) is 2. The number of aliphatic imine (C=N–C) groups is 2. The Morgan fingerprint density at radius 1 is 0.507 bits per heavy atom. The van der Waals surface area contributed by atoms with Gasteiger partial charge >= 0.3 is 0 Å². The largest absolute Gasteiger partial charge is 0.474 e. The number of thiophene rings is 2. The minimum absolute atomic E-state index is 0.0355. The Kier molecular flexibility index (Phi) is 28.9. The maximum absolute atomic E-state index is 15.4. The summed E-state index contributed by atoms with van der Waals surface area (Å²) in [5, 5.41) is 52.8. The molecule has 144 heavy (non-hydrogen) atoms. The number of hydrogen-bond donors (Lipinski definition) is 6. The molecule has 6 N–H and O–H groups in total. The zero-order valence-electron chi connectivity index (χ0n) is 82.2. The molecule has 6 aliphatic rings. The van der Waals surface area contributed by atoms with E-state index in [4.69, 9.17) is 52.4 Å². The van der Waals surface area contributed by atoms with Crippen molar-refractivity contribution in [3.8, 4) is 53.8 Å². The number of benzene rings is 4. The molecule has 0 radical (unpaired) electrons. The molecule has 2 saturated heterocycles. The number of rotatable bonds is 31. The van der Waals surface area contributed by atoms with Gasteiger partial charge in [-0.15, -0.1) is 65.7 Å². The number of ether oxygens (including phenoxy) is 3. The Bertz CT molecular complexity index is 7070. The molecule has 19 rings (SSSR count). The second-order valence-electron chi connectivity index (χ2n) is 39.7. The molecule has 4 fully saturated rings. The van der Waals surface area contributed by atoms with Gasteiger partial charge in [-0.2, -0.15) is 5.10 Å².